The molecule has 0 heterocycles. The third-order valence-corrected chi connectivity index (χ3v) is 2.76. The number of nitrogens with two attached hydrogens (primary N) is 1. The Bertz CT molecular complexity index is 252. The highest BCUT2D eigenvalue weighted by Gasteiger charge is 2.20. The highest BCUT2D eigenvalue weighted by Crippen LogP contribution is 2.00. The minimum atomic E-state index is -0.465. The lowest BCUT2D eigenvalue weighted by atomic mass is 10.1. The first-order chi connectivity index (χ1) is 7.96. The highest BCUT2D eigenvalue weighted by molar-refractivity contribution is 5.87. The second-order valence-corrected chi connectivity index (χ2v) is 4.34. The fourth-order valence-electron chi connectivity index (χ4n) is 1.57. The van der Waals surface area contributed by atoms with Crippen LogP contribution >= 0.6 is 0 Å². The lowest BCUT2D eigenvalue weighted by Crippen LogP contribution is -2.47. The van der Waals surface area contributed by atoms with Crippen LogP contribution < -0.4 is 11.1 Å². The predicted octanol–water partition coefficient (Wildman–Crippen LogP) is 0.344. The van der Waals surface area contributed by atoms with Crippen LogP contribution in [0.2, 0.25) is 0 Å². The molecule has 2 atom stereocenters. The molecule has 0 radical (unpaired) electrons. The van der Waals surface area contributed by atoms with Crippen LogP contribution in [0.1, 0.15) is 34.1 Å². The van der Waals surface area contributed by atoms with Crippen molar-refractivity contribution >= 4 is 11.8 Å². The molecule has 2 amide bonds. The van der Waals surface area contributed by atoms with Crippen LogP contribution in [-0.2, 0) is 9.59 Å². The normalized spacial score (nSPS) is 13.9. The lowest BCUT2D eigenvalue weighted by molar-refractivity contribution is -0.135. The molecule has 5 heteroatoms. The number of hydrogen-bond acceptors (Lipinski definition) is 3. The number of nitrogens with one attached hydrogen (secondary N) is 1. The van der Waals surface area contributed by atoms with Crippen molar-refractivity contribution in [1.29, 1.82) is 0 Å². The highest BCUT2D eigenvalue weighted by atomic mass is 16.2. The summed E-state index contributed by atoms with van der Waals surface area (Å²) in [5.41, 5.74) is 5.45. The van der Waals surface area contributed by atoms with Gasteiger partial charge in [-0.15, -0.1) is 0 Å². The molecule has 3 N–H and O–H groups in total. The summed E-state index contributed by atoms with van der Waals surface area (Å²) in [7, 11) is 0. The molecule has 0 saturated heterocycles. The molecule has 100 valence electrons. The van der Waals surface area contributed by atoms with Gasteiger partial charge in [-0.25, -0.2) is 0 Å². The van der Waals surface area contributed by atoms with Crippen LogP contribution in [0.25, 0.3) is 0 Å². The molecule has 0 bridgehead atoms. The van der Waals surface area contributed by atoms with E-state index in [0.717, 1.165) is 0 Å². The molecule has 2 unspecified atom stereocenters. The van der Waals surface area contributed by atoms with Gasteiger partial charge in [0.2, 0.25) is 11.8 Å². The second-order valence-electron chi connectivity index (χ2n) is 4.34. The number of hydrogen-bond donors (Lipinski definition) is 2. The molecule has 0 rings (SSSR count). The molecule has 0 aliphatic carbocycles. The lowest BCUT2D eigenvalue weighted by Gasteiger charge is -2.23. The van der Waals surface area contributed by atoms with Crippen molar-refractivity contribution in [3.63, 3.8) is 0 Å². The molecular weight excluding hydrogens is 218 g/mol. The first kappa shape index (κ1) is 15.9. The van der Waals surface area contributed by atoms with E-state index in [9.17, 15) is 9.59 Å². The van der Waals surface area contributed by atoms with Crippen molar-refractivity contribution in [2.45, 2.75) is 40.2 Å². The van der Waals surface area contributed by atoms with Gasteiger partial charge in [-0.1, -0.05) is 6.92 Å². The quantitative estimate of drug-likeness (QED) is 0.677. The van der Waals surface area contributed by atoms with Gasteiger partial charge in [0, 0.05) is 19.5 Å². The van der Waals surface area contributed by atoms with Gasteiger partial charge in [0.15, 0.2) is 0 Å². The third kappa shape index (κ3) is 5.68. The average Bonchev–Trinajstić information content (AvgIpc) is 2.29. The zero-order valence-electron chi connectivity index (χ0n) is 11.3. The monoisotopic (exact) mass is 243 g/mol. The number of nitrogens with zero attached hydrogens (tertiary/aromatic N) is 1. The van der Waals surface area contributed by atoms with Crippen LogP contribution in [0, 0.1) is 5.92 Å². The van der Waals surface area contributed by atoms with E-state index < -0.39 is 6.04 Å². The standard InChI is InChI=1S/C12H25N3O2/c1-5-15(6-2)12(17)10(4)14-11(16)7-9(3)8-13/h9-10H,5-8,13H2,1-4H3,(H,14,16). The van der Waals surface area contributed by atoms with Gasteiger partial charge in [0.05, 0.1) is 0 Å². The molecule has 17 heavy (non-hydrogen) atoms. The summed E-state index contributed by atoms with van der Waals surface area (Å²) < 4.78 is 0. The maximum atomic E-state index is 11.9. The predicted molar refractivity (Wildman–Crippen MR) is 68.4 cm³/mol. The Kier molecular flexibility index (Phi) is 7.54. The summed E-state index contributed by atoms with van der Waals surface area (Å²) in [6.45, 7) is 9.27. The summed E-state index contributed by atoms with van der Waals surface area (Å²) in [6, 6.07) is -0.465. The van der Waals surface area contributed by atoms with Gasteiger partial charge < -0.3 is 16.0 Å². The number of amides is 2. The minimum absolute atomic E-state index is 0.0382. The first-order valence-electron chi connectivity index (χ1n) is 6.24. The van der Waals surface area contributed by atoms with E-state index in [-0.39, 0.29) is 17.7 Å². The molecule has 0 saturated carbocycles. The molecule has 0 aromatic carbocycles. The van der Waals surface area contributed by atoms with Gasteiger partial charge in [-0.2, -0.15) is 0 Å². The van der Waals surface area contributed by atoms with E-state index in [1.54, 1.807) is 11.8 Å². The zero-order chi connectivity index (χ0) is 13.4. The van der Waals surface area contributed by atoms with Crippen molar-refractivity contribution in [2.24, 2.45) is 11.7 Å². The van der Waals surface area contributed by atoms with Crippen molar-refractivity contribution in [3.05, 3.63) is 0 Å². The van der Waals surface area contributed by atoms with Crippen molar-refractivity contribution < 1.29 is 9.59 Å². The fraction of sp³-hybridized carbons (Fsp3) is 0.833. The zero-order valence-corrected chi connectivity index (χ0v) is 11.3. The van der Waals surface area contributed by atoms with Gasteiger partial charge in [0.1, 0.15) is 6.04 Å². The molecule has 5 nitrogen and oxygen atoms in total. The Balaban J connectivity index is 4.20. The van der Waals surface area contributed by atoms with Crippen molar-refractivity contribution in [1.82, 2.24) is 10.2 Å². The van der Waals surface area contributed by atoms with Crippen LogP contribution in [0.3, 0.4) is 0 Å². The molecule has 0 aliphatic heterocycles. The maximum absolute atomic E-state index is 11.9. The van der Waals surface area contributed by atoms with Crippen LogP contribution in [0.5, 0.6) is 0 Å². The number of rotatable bonds is 7. The molecule has 0 aromatic heterocycles. The van der Waals surface area contributed by atoms with E-state index in [2.05, 4.69) is 5.32 Å². The van der Waals surface area contributed by atoms with E-state index in [1.807, 2.05) is 20.8 Å². The van der Waals surface area contributed by atoms with E-state index >= 15 is 0 Å². The van der Waals surface area contributed by atoms with Crippen molar-refractivity contribution in [3.8, 4) is 0 Å². The Labute approximate surface area is 104 Å². The SMILES string of the molecule is CCN(CC)C(=O)C(C)NC(=O)CC(C)CN. The maximum Gasteiger partial charge on any atom is 0.244 e. The Morgan fingerprint density at radius 2 is 1.76 bits per heavy atom. The summed E-state index contributed by atoms with van der Waals surface area (Å²) in [5.74, 6) is -0.00883. The van der Waals surface area contributed by atoms with Gasteiger partial charge in [-0.3, -0.25) is 9.59 Å². The van der Waals surface area contributed by atoms with Gasteiger partial charge in [-0.05, 0) is 33.2 Å². The largest absolute Gasteiger partial charge is 0.345 e. The molecule has 0 fully saturated rings. The molecule has 0 aromatic rings. The van der Waals surface area contributed by atoms with E-state index in [4.69, 9.17) is 5.73 Å². The Morgan fingerprint density at radius 3 is 2.18 bits per heavy atom. The molecular formula is C12H25N3O2. The molecule has 0 spiro atoms. The number of likely N-dealkylation sites (N-methyl/N-ethyl adjacent to an activating group) is 1. The Hall–Kier alpha value is -1.10. The number of carbonyl (C=O) groups excluding carboxylic acids is 2. The Morgan fingerprint density at radius 1 is 1.24 bits per heavy atom. The van der Waals surface area contributed by atoms with Crippen LogP contribution in [-0.4, -0.2) is 42.4 Å². The summed E-state index contributed by atoms with van der Waals surface area (Å²) in [6.07, 6.45) is 0.367. The van der Waals surface area contributed by atoms with Gasteiger partial charge in [0.25, 0.3) is 0 Å². The summed E-state index contributed by atoms with van der Waals surface area (Å²) in [5, 5.41) is 2.71. The van der Waals surface area contributed by atoms with Gasteiger partial charge >= 0.3 is 0 Å². The average molecular weight is 243 g/mol. The third-order valence-electron chi connectivity index (χ3n) is 2.76. The smallest absolute Gasteiger partial charge is 0.244 e. The van der Waals surface area contributed by atoms with E-state index in [0.29, 0.717) is 26.1 Å². The van der Waals surface area contributed by atoms with E-state index in [1.165, 1.54) is 0 Å². The second kappa shape index (κ2) is 8.06. The topological polar surface area (TPSA) is 75.4 Å². The van der Waals surface area contributed by atoms with Crippen molar-refractivity contribution in [2.75, 3.05) is 19.6 Å². The number of carbonyl (C=O) groups is 2. The first-order valence-corrected chi connectivity index (χ1v) is 6.24. The summed E-state index contributed by atoms with van der Waals surface area (Å²) >= 11 is 0. The van der Waals surface area contributed by atoms with Crippen LogP contribution in [0.15, 0.2) is 0 Å². The molecule has 0 aliphatic rings. The fourth-order valence-corrected chi connectivity index (χ4v) is 1.57. The summed E-state index contributed by atoms with van der Waals surface area (Å²) in [4.78, 5) is 25.2. The van der Waals surface area contributed by atoms with Crippen LogP contribution in [0.4, 0.5) is 0 Å². The minimum Gasteiger partial charge on any atom is -0.345 e.